The van der Waals surface area contributed by atoms with E-state index in [1.165, 1.54) is 0 Å². The Kier molecular flexibility index (Phi) is 5.11. The molecule has 0 saturated heterocycles. The van der Waals surface area contributed by atoms with E-state index in [1.807, 2.05) is 43.0 Å². The van der Waals surface area contributed by atoms with Gasteiger partial charge < -0.3 is 14.9 Å². The van der Waals surface area contributed by atoms with E-state index in [2.05, 4.69) is 5.43 Å². The summed E-state index contributed by atoms with van der Waals surface area (Å²) >= 11 is 0. The third-order valence-corrected chi connectivity index (χ3v) is 1.75. The lowest BCUT2D eigenvalue weighted by Gasteiger charge is -2.18. The van der Waals surface area contributed by atoms with Crippen LogP contribution < -0.4 is 5.43 Å². The summed E-state index contributed by atoms with van der Waals surface area (Å²) in [7, 11) is 0. The maximum atomic E-state index is 5.38. The van der Waals surface area contributed by atoms with Crippen LogP contribution in [0.3, 0.4) is 0 Å². The van der Waals surface area contributed by atoms with E-state index < -0.39 is 0 Å². The van der Waals surface area contributed by atoms with Crippen LogP contribution in [-0.4, -0.2) is 30.7 Å². The van der Waals surface area contributed by atoms with E-state index in [9.17, 15) is 0 Å². The molecule has 1 heterocycles. The minimum absolute atomic E-state index is 0.174. The van der Waals surface area contributed by atoms with Gasteiger partial charge in [0.15, 0.2) is 6.29 Å². The number of ether oxygens (including phenoxy) is 2. The number of rotatable bonds is 7. The fourth-order valence-electron chi connectivity index (χ4n) is 1.16. The number of aromatic nitrogens is 1. The molecule has 4 nitrogen and oxygen atoms in total. The van der Waals surface area contributed by atoms with Crippen molar-refractivity contribution in [3.63, 3.8) is 0 Å². The largest absolute Gasteiger partial charge is 0.351 e. The Hall–Kier alpha value is -1.00. The summed E-state index contributed by atoms with van der Waals surface area (Å²) in [5.74, 6) is 0. The monoisotopic (exact) mass is 198 g/mol. The molecule has 0 aromatic carbocycles. The van der Waals surface area contributed by atoms with E-state index in [1.54, 1.807) is 0 Å². The SMILES string of the molecule is CCOC(CNn1cccc1)OCC. The average Bonchev–Trinajstić information content (AvgIpc) is 2.67. The molecule has 0 aliphatic heterocycles. The normalized spacial score (nSPS) is 10.8. The Morgan fingerprint density at radius 3 is 2.21 bits per heavy atom. The fourth-order valence-corrected chi connectivity index (χ4v) is 1.16. The van der Waals surface area contributed by atoms with Crippen molar-refractivity contribution in [3.8, 4) is 0 Å². The van der Waals surface area contributed by atoms with Gasteiger partial charge in [-0.25, -0.2) is 0 Å². The van der Waals surface area contributed by atoms with Crippen LogP contribution in [0.15, 0.2) is 24.5 Å². The quantitative estimate of drug-likeness (QED) is 0.673. The summed E-state index contributed by atoms with van der Waals surface area (Å²) in [6.45, 7) is 5.90. The highest BCUT2D eigenvalue weighted by atomic mass is 16.7. The maximum Gasteiger partial charge on any atom is 0.176 e. The highest BCUT2D eigenvalue weighted by Gasteiger charge is 2.06. The molecule has 1 aromatic rings. The zero-order valence-corrected chi connectivity index (χ0v) is 8.77. The van der Waals surface area contributed by atoms with Crippen molar-refractivity contribution in [2.75, 3.05) is 25.2 Å². The predicted molar refractivity (Wildman–Crippen MR) is 55.7 cm³/mol. The first kappa shape index (κ1) is 11.1. The molecule has 1 aromatic heterocycles. The number of hydrogen-bond acceptors (Lipinski definition) is 3. The van der Waals surface area contributed by atoms with Gasteiger partial charge in [-0.05, 0) is 26.0 Å². The summed E-state index contributed by atoms with van der Waals surface area (Å²) < 4.78 is 12.6. The third-order valence-electron chi connectivity index (χ3n) is 1.75. The molecule has 0 spiro atoms. The molecular weight excluding hydrogens is 180 g/mol. The summed E-state index contributed by atoms with van der Waals surface area (Å²) in [6, 6.07) is 3.92. The van der Waals surface area contributed by atoms with Gasteiger partial charge >= 0.3 is 0 Å². The minimum Gasteiger partial charge on any atom is -0.351 e. The molecule has 1 N–H and O–H groups in total. The molecule has 0 atom stereocenters. The van der Waals surface area contributed by atoms with Crippen LogP contribution in [0.4, 0.5) is 0 Å². The molecule has 0 saturated carbocycles. The molecule has 0 amide bonds. The van der Waals surface area contributed by atoms with E-state index in [0.717, 1.165) is 0 Å². The number of nitrogens with one attached hydrogen (secondary N) is 1. The van der Waals surface area contributed by atoms with Gasteiger partial charge in [0.1, 0.15) is 0 Å². The first-order valence-corrected chi connectivity index (χ1v) is 4.96. The minimum atomic E-state index is -0.174. The number of hydrogen-bond donors (Lipinski definition) is 1. The zero-order chi connectivity index (χ0) is 10.2. The van der Waals surface area contributed by atoms with Crippen LogP contribution >= 0.6 is 0 Å². The van der Waals surface area contributed by atoms with Crippen molar-refractivity contribution >= 4 is 0 Å². The molecule has 1 rings (SSSR count). The van der Waals surface area contributed by atoms with Crippen LogP contribution in [-0.2, 0) is 9.47 Å². The van der Waals surface area contributed by atoms with Gasteiger partial charge in [-0.3, -0.25) is 4.68 Å². The standard InChI is InChI=1S/C10H18N2O2/c1-3-13-10(14-4-2)9-11-12-7-5-6-8-12/h5-8,10-11H,3-4,9H2,1-2H3. The Labute approximate surface area is 84.8 Å². The summed E-state index contributed by atoms with van der Waals surface area (Å²) in [5.41, 5.74) is 3.16. The molecule has 80 valence electrons. The molecule has 0 aliphatic carbocycles. The molecule has 0 unspecified atom stereocenters. The summed E-state index contributed by atoms with van der Waals surface area (Å²) in [6.07, 6.45) is 3.71. The Morgan fingerprint density at radius 1 is 1.14 bits per heavy atom. The molecule has 0 fully saturated rings. The van der Waals surface area contributed by atoms with Crippen molar-refractivity contribution in [1.29, 1.82) is 0 Å². The maximum absolute atomic E-state index is 5.38. The van der Waals surface area contributed by atoms with E-state index in [0.29, 0.717) is 19.8 Å². The van der Waals surface area contributed by atoms with Gasteiger partial charge in [-0.15, -0.1) is 0 Å². The van der Waals surface area contributed by atoms with Crippen LogP contribution in [0.25, 0.3) is 0 Å². The first-order chi connectivity index (χ1) is 6.86. The van der Waals surface area contributed by atoms with Crippen LogP contribution in [0, 0.1) is 0 Å². The second-order valence-corrected chi connectivity index (χ2v) is 2.79. The van der Waals surface area contributed by atoms with Crippen LogP contribution in [0.1, 0.15) is 13.8 Å². The molecule has 0 radical (unpaired) electrons. The molecule has 14 heavy (non-hydrogen) atoms. The summed E-state index contributed by atoms with van der Waals surface area (Å²) in [4.78, 5) is 0. The highest BCUT2D eigenvalue weighted by molar-refractivity contribution is 4.93. The van der Waals surface area contributed by atoms with E-state index in [-0.39, 0.29) is 6.29 Å². The highest BCUT2D eigenvalue weighted by Crippen LogP contribution is 1.94. The third kappa shape index (κ3) is 3.81. The average molecular weight is 198 g/mol. The second-order valence-electron chi connectivity index (χ2n) is 2.79. The molecule has 0 bridgehead atoms. The van der Waals surface area contributed by atoms with Crippen molar-refractivity contribution < 1.29 is 9.47 Å². The van der Waals surface area contributed by atoms with Crippen molar-refractivity contribution in [2.45, 2.75) is 20.1 Å². The van der Waals surface area contributed by atoms with Crippen LogP contribution in [0.2, 0.25) is 0 Å². The molecular formula is C10H18N2O2. The van der Waals surface area contributed by atoms with Crippen molar-refractivity contribution in [2.24, 2.45) is 0 Å². The van der Waals surface area contributed by atoms with Crippen molar-refractivity contribution in [3.05, 3.63) is 24.5 Å². The van der Waals surface area contributed by atoms with Gasteiger partial charge in [-0.2, -0.15) is 0 Å². The molecule has 4 heteroatoms. The Morgan fingerprint density at radius 2 is 1.71 bits per heavy atom. The van der Waals surface area contributed by atoms with E-state index >= 15 is 0 Å². The van der Waals surface area contributed by atoms with Crippen LogP contribution in [0.5, 0.6) is 0 Å². The molecule has 0 aliphatic rings. The van der Waals surface area contributed by atoms with Gasteiger partial charge in [0.05, 0.1) is 6.54 Å². The lowest BCUT2D eigenvalue weighted by molar-refractivity contribution is -0.127. The Balaban J connectivity index is 2.25. The zero-order valence-electron chi connectivity index (χ0n) is 8.77. The van der Waals surface area contributed by atoms with E-state index in [4.69, 9.17) is 9.47 Å². The van der Waals surface area contributed by atoms with Gasteiger partial charge in [0.25, 0.3) is 0 Å². The van der Waals surface area contributed by atoms with Gasteiger partial charge in [-0.1, -0.05) is 0 Å². The van der Waals surface area contributed by atoms with Crippen molar-refractivity contribution in [1.82, 2.24) is 4.68 Å². The predicted octanol–water partition coefficient (Wildman–Crippen LogP) is 1.43. The summed E-state index contributed by atoms with van der Waals surface area (Å²) in [5, 5.41) is 0. The lowest BCUT2D eigenvalue weighted by atomic mass is 10.6. The fraction of sp³-hybridized carbons (Fsp3) is 0.600. The number of nitrogens with zero attached hydrogens (tertiary/aromatic N) is 1. The first-order valence-electron chi connectivity index (χ1n) is 4.96. The van der Waals surface area contributed by atoms with Gasteiger partial charge in [0, 0.05) is 25.6 Å². The van der Waals surface area contributed by atoms with Gasteiger partial charge in [0.2, 0.25) is 0 Å². The smallest absolute Gasteiger partial charge is 0.176 e. The lowest BCUT2D eigenvalue weighted by Crippen LogP contribution is -2.30. The topological polar surface area (TPSA) is 35.4 Å². The Bertz CT molecular complexity index is 218. The second kappa shape index (κ2) is 6.45.